The van der Waals surface area contributed by atoms with Crippen molar-refractivity contribution < 1.29 is 41.0 Å². The Balaban J connectivity index is 1.20. The SMILES string of the molecule is CCCCCCOc1ccc(N=Nc2ccc(OCCCCCCCCCCC(=O)Oc3c(F)c(F)c(F)c(F)c3F)cc2)cc1. The Labute approximate surface area is 267 Å². The van der Waals surface area contributed by atoms with Crippen LogP contribution < -0.4 is 14.2 Å². The van der Waals surface area contributed by atoms with Crippen LogP contribution in [0.25, 0.3) is 0 Å². The molecule has 46 heavy (non-hydrogen) atoms. The molecule has 0 unspecified atom stereocenters. The third kappa shape index (κ3) is 12.4. The topological polar surface area (TPSA) is 69.5 Å². The van der Waals surface area contributed by atoms with E-state index in [1.165, 1.54) is 19.3 Å². The van der Waals surface area contributed by atoms with Gasteiger partial charge in [-0.25, -0.2) is 13.2 Å². The van der Waals surface area contributed by atoms with Crippen LogP contribution in [0.1, 0.15) is 90.4 Å². The largest absolute Gasteiger partial charge is 0.494 e. The van der Waals surface area contributed by atoms with Crippen molar-refractivity contribution >= 4 is 17.3 Å². The third-order valence-corrected chi connectivity index (χ3v) is 7.15. The second-order valence-corrected chi connectivity index (χ2v) is 10.9. The number of ether oxygens (including phenoxy) is 3. The maximum absolute atomic E-state index is 13.6. The minimum atomic E-state index is -2.30. The van der Waals surface area contributed by atoms with Crippen LogP contribution in [-0.2, 0) is 4.79 Å². The summed E-state index contributed by atoms with van der Waals surface area (Å²) >= 11 is 0. The molecule has 0 atom stereocenters. The molecule has 0 aliphatic heterocycles. The van der Waals surface area contributed by atoms with Gasteiger partial charge in [-0.1, -0.05) is 64.7 Å². The van der Waals surface area contributed by atoms with Crippen molar-refractivity contribution in [3.8, 4) is 17.2 Å². The molecule has 0 bridgehead atoms. The lowest BCUT2D eigenvalue weighted by Gasteiger charge is -2.09. The zero-order valence-corrected chi connectivity index (χ0v) is 26.1. The molecule has 0 fully saturated rings. The Bertz CT molecular complexity index is 1360. The summed E-state index contributed by atoms with van der Waals surface area (Å²) in [6.07, 6.45) is 11.3. The summed E-state index contributed by atoms with van der Waals surface area (Å²) < 4.78 is 82.7. The number of carbonyl (C=O) groups excluding carboxylic acids is 1. The minimum Gasteiger partial charge on any atom is -0.494 e. The van der Waals surface area contributed by atoms with Crippen molar-refractivity contribution in [2.24, 2.45) is 10.2 Å². The molecule has 0 heterocycles. The molecular weight excluding hydrogens is 607 g/mol. The van der Waals surface area contributed by atoms with Crippen LogP contribution in [0, 0.1) is 29.1 Å². The van der Waals surface area contributed by atoms with Crippen LogP contribution in [0.2, 0.25) is 0 Å². The summed E-state index contributed by atoms with van der Waals surface area (Å²) in [6.45, 7) is 3.50. The van der Waals surface area contributed by atoms with Gasteiger partial charge in [-0.3, -0.25) is 4.79 Å². The first kappa shape index (κ1) is 36.4. The summed E-state index contributed by atoms with van der Waals surface area (Å²) in [5.74, 6) is -12.0. The zero-order valence-electron chi connectivity index (χ0n) is 26.1. The van der Waals surface area contributed by atoms with E-state index < -0.39 is 40.8 Å². The molecule has 3 rings (SSSR count). The number of hydrogen-bond acceptors (Lipinski definition) is 6. The number of nitrogens with zero attached hydrogens (tertiary/aromatic N) is 2. The molecule has 11 heteroatoms. The number of unbranched alkanes of at least 4 members (excludes halogenated alkanes) is 10. The van der Waals surface area contributed by atoms with E-state index in [1.54, 1.807) is 0 Å². The van der Waals surface area contributed by atoms with Gasteiger partial charge in [0.15, 0.2) is 0 Å². The molecule has 0 aromatic heterocycles. The fourth-order valence-corrected chi connectivity index (χ4v) is 4.51. The molecule has 0 aliphatic rings. The Morgan fingerprint density at radius 2 is 0.935 bits per heavy atom. The highest BCUT2D eigenvalue weighted by atomic mass is 19.2. The maximum atomic E-state index is 13.6. The van der Waals surface area contributed by atoms with Crippen molar-refractivity contribution in [3.05, 3.63) is 77.6 Å². The summed E-state index contributed by atoms with van der Waals surface area (Å²) in [4.78, 5) is 11.8. The van der Waals surface area contributed by atoms with Crippen LogP contribution >= 0.6 is 0 Å². The molecule has 0 aliphatic carbocycles. The fraction of sp³-hybridized carbons (Fsp3) is 0.457. The van der Waals surface area contributed by atoms with Crippen LogP contribution in [0.3, 0.4) is 0 Å². The van der Waals surface area contributed by atoms with E-state index in [-0.39, 0.29) is 6.42 Å². The van der Waals surface area contributed by atoms with E-state index in [2.05, 4.69) is 21.9 Å². The summed E-state index contributed by atoms with van der Waals surface area (Å²) in [5.41, 5.74) is 1.47. The van der Waals surface area contributed by atoms with Crippen molar-refractivity contribution in [1.29, 1.82) is 0 Å². The van der Waals surface area contributed by atoms with Gasteiger partial charge in [0.1, 0.15) is 11.5 Å². The van der Waals surface area contributed by atoms with Crippen molar-refractivity contribution in [2.45, 2.75) is 90.4 Å². The zero-order chi connectivity index (χ0) is 33.1. The summed E-state index contributed by atoms with van der Waals surface area (Å²) in [6, 6.07) is 15.0. The maximum Gasteiger partial charge on any atom is 0.311 e. The van der Waals surface area contributed by atoms with Gasteiger partial charge >= 0.3 is 5.97 Å². The summed E-state index contributed by atoms with van der Waals surface area (Å²) in [5, 5.41) is 8.56. The van der Waals surface area contributed by atoms with Gasteiger partial charge in [-0.05, 0) is 67.8 Å². The molecular formula is C35H41F5N2O4. The minimum absolute atomic E-state index is 0.191. The first-order chi connectivity index (χ1) is 22.3. The Morgan fingerprint density at radius 3 is 1.39 bits per heavy atom. The standard InChI is InChI=1S/C35H41F5N2O4/c1-2-3-4-12-23-44-27-19-15-25(16-20-27)41-42-26-17-21-28(22-18-26)45-24-13-10-8-6-5-7-9-11-14-29(43)46-35-33(39)31(37)30(36)32(38)34(35)40/h15-22H,2-14,23-24H2,1H3. The van der Waals surface area contributed by atoms with E-state index in [0.29, 0.717) is 19.4 Å². The number of rotatable bonds is 21. The first-order valence-corrected chi connectivity index (χ1v) is 15.9. The van der Waals surface area contributed by atoms with Gasteiger partial charge < -0.3 is 14.2 Å². The van der Waals surface area contributed by atoms with Gasteiger partial charge in [0, 0.05) is 6.42 Å². The van der Waals surface area contributed by atoms with E-state index in [9.17, 15) is 26.7 Å². The van der Waals surface area contributed by atoms with Crippen molar-refractivity contribution in [3.63, 3.8) is 0 Å². The van der Waals surface area contributed by atoms with Crippen molar-refractivity contribution in [1.82, 2.24) is 0 Å². The van der Waals surface area contributed by atoms with E-state index in [0.717, 1.165) is 74.4 Å². The highest BCUT2D eigenvalue weighted by molar-refractivity contribution is 5.72. The Kier molecular flexibility index (Phi) is 16.0. The Morgan fingerprint density at radius 1 is 0.543 bits per heavy atom. The smallest absolute Gasteiger partial charge is 0.311 e. The number of carbonyl (C=O) groups is 1. The van der Waals surface area contributed by atoms with Crippen LogP contribution in [0.15, 0.2) is 58.8 Å². The second-order valence-electron chi connectivity index (χ2n) is 10.9. The Hall–Kier alpha value is -4.02. The number of benzene rings is 3. The van der Waals surface area contributed by atoms with E-state index in [1.807, 2.05) is 48.5 Å². The normalized spacial score (nSPS) is 11.3. The lowest BCUT2D eigenvalue weighted by molar-refractivity contribution is -0.135. The molecule has 0 saturated carbocycles. The lowest BCUT2D eigenvalue weighted by atomic mass is 10.1. The molecule has 0 N–H and O–H groups in total. The number of halogens is 5. The quantitative estimate of drug-likeness (QED) is 0.0219. The average molecular weight is 649 g/mol. The number of azo groups is 1. The van der Waals surface area contributed by atoms with Gasteiger partial charge in [0.2, 0.25) is 34.8 Å². The lowest BCUT2D eigenvalue weighted by Crippen LogP contribution is -2.13. The monoisotopic (exact) mass is 648 g/mol. The van der Waals surface area contributed by atoms with E-state index in [4.69, 9.17) is 9.47 Å². The van der Waals surface area contributed by atoms with E-state index >= 15 is 0 Å². The molecule has 250 valence electrons. The average Bonchev–Trinajstić information content (AvgIpc) is 3.07. The predicted molar refractivity (Wildman–Crippen MR) is 166 cm³/mol. The number of esters is 1. The van der Waals surface area contributed by atoms with Gasteiger partial charge in [0.05, 0.1) is 24.6 Å². The molecule has 3 aromatic rings. The molecule has 3 aromatic carbocycles. The predicted octanol–water partition coefficient (Wildman–Crippen LogP) is 11.3. The highest BCUT2D eigenvalue weighted by Crippen LogP contribution is 2.29. The number of hydrogen-bond donors (Lipinski definition) is 0. The molecule has 0 spiro atoms. The third-order valence-electron chi connectivity index (χ3n) is 7.15. The fourth-order valence-electron chi connectivity index (χ4n) is 4.51. The summed E-state index contributed by atoms with van der Waals surface area (Å²) in [7, 11) is 0. The first-order valence-electron chi connectivity index (χ1n) is 15.9. The molecule has 6 nitrogen and oxygen atoms in total. The highest BCUT2D eigenvalue weighted by Gasteiger charge is 2.28. The van der Waals surface area contributed by atoms with Gasteiger partial charge in [-0.15, -0.1) is 0 Å². The van der Waals surface area contributed by atoms with Crippen molar-refractivity contribution in [2.75, 3.05) is 13.2 Å². The van der Waals surface area contributed by atoms with Gasteiger partial charge in [0.25, 0.3) is 0 Å². The van der Waals surface area contributed by atoms with Crippen LogP contribution in [0.5, 0.6) is 17.2 Å². The molecule has 0 radical (unpaired) electrons. The van der Waals surface area contributed by atoms with Gasteiger partial charge in [-0.2, -0.15) is 19.0 Å². The van der Waals surface area contributed by atoms with Crippen LogP contribution in [0.4, 0.5) is 33.3 Å². The molecule has 0 saturated heterocycles. The molecule has 0 amide bonds. The second kappa shape index (κ2) is 20.2. The van der Waals surface area contributed by atoms with Crippen LogP contribution in [-0.4, -0.2) is 19.2 Å².